The van der Waals surface area contributed by atoms with Crippen LogP contribution in [0.15, 0.2) is 24.3 Å². The fourth-order valence-corrected chi connectivity index (χ4v) is 2.23. The van der Waals surface area contributed by atoms with Crippen molar-refractivity contribution in [3.63, 3.8) is 0 Å². The summed E-state index contributed by atoms with van der Waals surface area (Å²) in [6, 6.07) is 8.47. The molecule has 3 heteroatoms. The molecule has 0 spiro atoms. The number of hydrogen-bond acceptors (Lipinski definition) is 2. The Kier molecular flexibility index (Phi) is 4.43. The smallest absolute Gasteiger partial charge is 0.0723 e. The van der Waals surface area contributed by atoms with E-state index in [0.717, 1.165) is 24.6 Å². The van der Waals surface area contributed by atoms with Crippen molar-refractivity contribution >= 4 is 11.6 Å². The number of benzene rings is 1. The lowest BCUT2D eigenvalue weighted by Crippen LogP contribution is -2.49. The van der Waals surface area contributed by atoms with Gasteiger partial charge in [-0.2, -0.15) is 0 Å². The first-order valence-electron chi connectivity index (χ1n) is 6.24. The highest BCUT2D eigenvalue weighted by atomic mass is 35.5. The van der Waals surface area contributed by atoms with Crippen LogP contribution in [-0.2, 0) is 11.2 Å². The molecule has 17 heavy (non-hydrogen) atoms. The topological polar surface area (TPSA) is 21.3 Å². The molecule has 1 aromatic rings. The summed E-state index contributed by atoms with van der Waals surface area (Å²) in [6.07, 6.45) is 1.36. The monoisotopic (exact) mass is 253 g/mol. The summed E-state index contributed by atoms with van der Waals surface area (Å²) >= 11 is 5.87. The van der Waals surface area contributed by atoms with Crippen LogP contribution < -0.4 is 5.32 Å². The van der Waals surface area contributed by atoms with E-state index in [1.165, 1.54) is 5.56 Å². The zero-order valence-corrected chi connectivity index (χ0v) is 11.2. The van der Waals surface area contributed by atoms with Crippen molar-refractivity contribution < 1.29 is 4.74 Å². The summed E-state index contributed by atoms with van der Waals surface area (Å²) < 4.78 is 5.86. The van der Waals surface area contributed by atoms with Crippen molar-refractivity contribution in [3.8, 4) is 0 Å². The second-order valence-corrected chi connectivity index (χ2v) is 5.49. The molecule has 0 unspecified atom stereocenters. The highest BCUT2D eigenvalue weighted by Gasteiger charge is 2.23. The van der Waals surface area contributed by atoms with E-state index < -0.39 is 0 Å². The molecule has 0 aliphatic carbocycles. The average Bonchev–Trinajstić information content (AvgIpc) is 2.33. The van der Waals surface area contributed by atoms with Crippen LogP contribution in [0, 0.1) is 5.92 Å². The first kappa shape index (κ1) is 12.9. The lowest BCUT2D eigenvalue weighted by molar-refractivity contribution is -0.0206. The molecule has 0 aromatic heterocycles. The van der Waals surface area contributed by atoms with E-state index >= 15 is 0 Å². The van der Waals surface area contributed by atoms with Crippen molar-refractivity contribution in [2.75, 3.05) is 13.2 Å². The Morgan fingerprint density at radius 1 is 1.35 bits per heavy atom. The van der Waals surface area contributed by atoms with Crippen LogP contribution in [0.5, 0.6) is 0 Å². The van der Waals surface area contributed by atoms with Gasteiger partial charge in [0.25, 0.3) is 0 Å². The minimum Gasteiger partial charge on any atom is -0.375 e. The summed E-state index contributed by atoms with van der Waals surface area (Å²) in [5.41, 5.74) is 1.30. The summed E-state index contributed by atoms with van der Waals surface area (Å²) in [7, 11) is 0. The number of hydrogen-bond donors (Lipinski definition) is 1. The fourth-order valence-electron chi connectivity index (χ4n) is 2.10. The van der Waals surface area contributed by atoms with Gasteiger partial charge in [0, 0.05) is 17.6 Å². The van der Waals surface area contributed by atoms with Gasteiger partial charge < -0.3 is 10.1 Å². The molecule has 2 nitrogen and oxygen atoms in total. The van der Waals surface area contributed by atoms with Gasteiger partial charge in [0.1, 0.15) is 0 Å². The molecular weight excluding hydrogens is 234 g/mol. The fraction of sp³-hybridized carbons (Fsp3) is 0.571. The third-order valence-corrected chi connectivity index (χ3v) is 3.51. The van der Waals surface area contributed by atoms with Gasteiger partial charge in [-0.15, -0.1) is 0 Å². The Labute approximate surface area is 108 Å². The minimum absolute atomic E-state index is 0.358. The highest BCUT2D eigenvalue weighted by molar-refractivity contribution is 6.30. The lowest BCUT2D eigenvalue weighted by Gasteiger charge is -2.32. The van der Waals surface area contributed by atoms with Gasteiger partial charge in [-0.3, -0.25) is 0 Å². The molecule has 2 rings (SSSR count). The first-order chi connectivity index (χ1) is 8.15. The van der Waals surface area contributed by atoms with Crippen LogP contribution in [0.3, 0.4) is 0 Å². The van der Waals surface area contributed by atoms with Crippen LogP contribution in [0.4, 0.5) is 0 Å². The summed E-state index contributed by atoms with van der Waals surface area (Å²) in [6.45, 7) is 6.15. The predicted molar refractivity (Wildman–Crippen MR) is 71.5 cm³/mol. The van der Waals surface area contributed by atoms with Gasteiger partial charge in [-0.25, -0.2) is 0 Å². The van der Waals surface area contributed by atoms with E-state index in [0.29, 0.717) is 18.1 Å². The molecule has 1 aliphatic rings. The number of nitrogens with one attached hydrogen (secondary N) is 1. The first-order valence-corrected chi connectivity index (χ1v) is 6.62. The van der Waals surface area contributed by atoms with E-state index in [1.54, 1.807) is 0 Å². The molecule has 2 atom stereocenters. The average molecular weight is 254 g/mol. The van der Waals surface area contributed by atoms with Gasteiger partial charge in [0.15, 0.2) is 0 Å². The highest BCUT2D eigenvalue weighted by Crippen LogP contribution is 2.15. The maximum Gasteiger partial charge on any atom is 0.0723 e. The SMILES string of the molecule is CC(C)[C@H]1CN[C@@H](Cc2ccc(Cl)cc2)CO1. The van der Waals surface area contributed by atoms with Crippen molar-refractivity contribution in [1.29, 1.82) is 0 Å². The van der Waals surface area contributed by atoms with Crippen molar-refractivity contribution in [1.82, 2.24) is 5.32 Å². The van der Waals surface area contributed by atoms with Crippen molar-refractivity contribution in [2.45, 2.75) is 32.4 Å². The Hall–Kier alpha value is -0.570. The standard InChI is InChI=1S/C14H20ClNO/c1-10(2)14-8-16-13(9-17-14)7-11-3-5-12(15)6-4-11/h3-6,10,13-14,16H,7-9H2,1-2H3/t13-,14+/m0/s1. The molecule has 1 saturated heterocycles. The third kappa shape index (κ3) is 3.70. The lowest BCUT2D eigenvalue weighted by atomic mass is 10.0. The van der Waals surface area contributed by atoms with Gasteiger partial charge >= 0.3 is 0 Å². The second-order valence-electron chi connectivity index (χ2n) is 5.05. The molecule has 0 bridgehead atoms. The van der Waals surface area contributed by atoms with Crippen molar-refractivity contribution in [2.24, 2.45) is 5.92 Å². The Morgan fingerprint density at radius 2 is 2.06 bits per heavy atom. The normalized spacial score (nSPS) is 25.2. The minimum atomic E-state index is 0.358. The molecule has 1 fully saturated rings. The third-order valence-electron chi connectivity index (χ3n) is 3.26. The number of rotatable bonds is 3. The van der Waals surface area contributed by atoms with Gasteiger partial charge in [0.2, 0.25) is 0 Å². The molecule has 1 heterocycles. The molecule has 1 aromatic carbocycles. The van der Waals surface area contributed by atoms with Gasteiger partial charge in [-0.1, -0.05) is 37.6 Å². The zero-order valence-electron chi connectivity index (χ0n) is 10.4. The molecule has 94 valence electrons. The van der Waals surface area contributed by atoms with Crippen LogP contribution in [0.25, 0.3) is 0 Å². The number of ether oxygens (including phenoxy) is 1. The van der Waals surface area contributed by atoms with Gasteiger partial charge in [0.05, 0.1) is 12.7 Å². The Bertz CT molecular complexity index is 342. The van der Waals surface area contributed by atoms with E-state index in [2.05, 4.69) is 31.3 Å². The van der Waals surface area contributed by atoms with Crippen LogP contribution >= 0.6 is 11.6 Å². The Balaban J connectivity index is 1.84. The molecule has 0 saturated carbocycles. The second kappa shape index (κ2) is 5.85. The summed E-state index contributed by atoms with van der Waals surface area (Å²) in [5, 5.41) is 4.35. The van der Waals surface area contributed by atoms with E-state index in [1.807, 2.05) is 12.1 Å². The molecule has 1 N–H and O–H groups in total. The summed E-state index contributed by atoms with van der Waals surface area (Å²) in [4.78, 5) is 0. The predicted octanol–water partition coefficient (Wildman–Crippen LogP) is 2.90. The quantitative estimate of drug-likeness (QED) is 0.895. The van der Waals surface area contributed by atoms with Crippen LogP contribution in [0.1, 0.15) is 19.4 Å². The van der Waals surface area contributed by atoms with E-state index in [9.17, 15) is 0 Å². The van der Waals surface area contributed by atoms with Crippen LogP contribution in [0.2, 0.25) is 5.02 Å². The summed E-state index contributed by atoms with van der Waals surface area (Å²) in [5.74, 6) is 0.582. The van der Waals surface area contributed by atoms with Crippen molar-refractivity contribution in [3.05, 3.63) is 34.9 Å². The Morgan fingerprint density at radius 3 is 2.59 bits per heavy atom. The molecule has 1 aliphatic heterocycles. The molecule has 0 radical (unpaired) electrons. The maximum absolute atomic E-state index is 5.87. The zero-order chi connectivity index (χ0) is 12.3. The van der Waals surface area contributed by atoms with E-state index in [-0.39, 0.29) is 0 Å². The van der Waals surface area contributed by atoms with Gasteiger partial charge in [-0.05, 0) is 30.0 Å². The molecular formula is C14H20ClNO. The van der Waals surface area contributed by atoms with Crippen LogP contribution in [-0.4, -0.2) is 25.3 Å². The van der Waals surface area contributed by atoms with E-state index in [4.69, 9.17) is 16.3 Å². The largest absolute Gasteiger partial charge is 0.375 e. The maximum atomic E-state index is 5.87. The molecule has 0 amide bonds. The number of halogens is 1. The number of morpholine rings is 1.